The van der Waals surface area contributed by atoms with Crippen LogP contribution in [-0.2, 0) is 6.42 Å². The maximum atomic E-state index is 11.8. The zero-order chi connectivity index (χ0) is 16.1. The fourth-order valence-corrected chi connectivity index (χ4v) is 3.86. The van der Waals surface area contributed by atoms with E-state index in [1.54, 1.807) is 11.3 Å². The van der Waals surface area contributed by atoms with Crippen LogP contribution in [0.5, 0.6) is 0 Å². The van der Waals surface area contributed by atoms with E-state index in [2.05, 4.69) is 40.1 Å². The Morgan fingerprint density at radius 1 is 1.22 bits per heavy atom. The van der Waals surface area contributed by atoms with Gasteiger partial charge in [-0.1, -0.05) is 42.0 Å². The minimum atomic E-state index is -0.193. The number of fused-ring (bicyclic) bond motifs is 1. The topological polar surface area (TPSA) is 54.0 Å². The van der Waals surface area contributed by atoms with Crippen molar-refractivity contribution in [3.05, 3.63) is 59.7 Å². The number of benzene rings is 2. The molecule has 3 rings (SSSR count). The van der Waals surface area contributed by atoms with Crippen LogP contribution in [0.2, 0.25) is 0 Å². The van der Waals surface area contributed by atoms with Gasteiger partial charge in [0, 0.05) is 18.5 Å². The van der Waals surface area contributed by atoms with Gasteiger partial charge in [-0.05, 0) is 31.0 Å². The summed E-state index contributed by atoms with van der Waals surface area (Å²) in [6, 6.07) is 16.1. The first-order valence-electron chi connectivity index (χ1n) is 7.32. The van der Waals surface area contributed by atoms with Gasteiger partial charge in [0.25, 0.3) is 0 Å². The molecule has 0 atom stereocenters. The van der Waals surface area contributed by atoms with E-state index in [-0.39, 0.29) is 6.03 Å². The van der Waals surface area contributed by atoms with E-state index in [4.69, 9.17) is 0 Å². The number of hydrogen-bond donors (Lipinski definition) is 2. The van der Waals surface area contributed by atoms with Gasteiger partial charge in [-0.3, -0.25) is 4.72 Å². The number of aromatic nitrogens is 1. The maximum absolute atomic E-state index is 11.8. The van der Waals surface area contributed by atoms with Crippen LogP contribution in [0.25, 0.3) is 10.2 Å². The summed E-state index contributed by atoms with van der Waals surface area (Å²) in [6.07, 6.45) is 0.820. The molecule has 0 unspecified atom stereocenters. The van der Waals surface area contributed by atoms with Crippen molar-refractivity contribution in [3.63, 3.8) is 0 Å². The first-order valence-corrected chi connectivity index (χ1v) is 8.96. The van der Waals surface area contributed by atoms with Crippen LogP contribution in [0.4, 0.5) is 4.79 Å². The van der Waals surface area contributed by atoms with Crippen LogP contribution in [0.3, 0.4) is 0 Å². The van der Waals surface area contributed by atoms with Crippen molar-refractivity contribution in [2.75, 3.05) is 6.54 Å². The molecule has 3 aromatic rings. The van der Waals surface area contributed by atoms with Gasteiger partial charge in [0.15, 0.2) is 4.34 Å². The lowest BCUT2D eigenvalue weighted by Gasteiger charge is -2.06. The summed E-state index contributed by atoms with van der Waals surface area (Å²) in [5.74, 6) is 0. The normalized spacial score (nSPS) is 10.7. The Morgan fingerprint density at radius 2 is 2.09 bits per heavy atom. The van der Waals surface area contributed by atoms with Crippen LogP contribution in [0.1, 0.15) is 11.1 Å². The number of amides is 2. The van der Waals surface area contributed by atoms with E-state index >= 15 is 0 Å². The number of carbonyl (C=O) groups excluding carboxylic acids is 1. The van der Waals surface area contributed by atoms with Crippen LogP contribution in [0, 0.1) is 6.92 Å². The highest BCUT2D eigenvalue weighted by atomic mass is 32.2. The van der Waals surface area contributed by atoms with Crippen molar-refractivity contribution in [1.29, 1.82) is 0 Å². The molecule has 0 saturated heterocycles. The lowest BCUT2D eigenvalue weighted by atomic mass is 10.1. The van der Waals surface area contributed by atoms with Gasteiger partial charge in [-0.25, -0.2) is 9.78 Å². The molecule has 118 valence electrons. The molecule has 0 bridgehead atoms. The third-order valence-electron chi connectivity index (χ3n) is 3.29. The Balaban J connectivity index is 1.44. The Morgan fingerprint density at radius 3 is 2.91 bits per heavy atom. The van der Waals surface area contributed by atoms with Crippen molar-refractivity contribution >= 4 is 39.5 Å². The summed E-state index contributed by atoms with van der Waals surface area (Å²) in [7, 11) is 0. The molecule has 0 aliphatic rings. The molecule has 23 heavy (non-hydrogen) atoms. The van der Waals surface area contributed by atoms with Crippen molar-refractivity contribution in [2.45, 2.75) is 17.7 Å². The molecular weight excluding hydrogens is 326 g/mol. The van der Waals surface area contributed by atoms with Gasteiger partial charge >= 0.3 is 6.03 Å². The molecule has 4 nitrogen and oxygen atoms in total. The quantitative estimate of drug-likeness (QED) is 0.684. The fraction of sp³-hybridized carbons (Fsp3) is 0.176. The second-order valence-corrected chi connectivity index (χ2v) is 7.23. The Kier molecular flexibility index (Phi) is 5.15. The Labute approximate surface area is 143 Å². The predicted molar refractivity (Wildman–Crippen MR) is 96.9 cm³/mol. The second-order valence-electron chi connectivity index (χ2n) is 5.15. The molecule has 1 aromatic heterocycles. The predicted octanol–water partition coefficient (Wildman–Crippen LogP) is 4.15. The molecule has 0 aliphatic heterocycles. The van der Waals surface area contributed by atoms with Gasteiger partial charge in [0.05, 0.1) is 10.2 Å². The highest BCUT2D eigenvalue weighted by Crippen LogP contribution is 2.27. The SMILES string of the molecule is Cc1cccc(CCNC(=O)NSc2nc3ccccc3s2)c1. The average molecular weight is 343 g/mol. The Bertz CT molecular complexity index is 783. The number of carbonyl (C=O) groups is 1. The zero-order valence-corrected chi connectivity index (χ0v) is 14.3. The second kappa shape index (κ2) is 7.48. The van der Waals surface area contributed by atoms with Gasteiger partial charge in [-0.15, -0.1) is 11.3 Å². The largest absolute Gasteiger partial charge is 0.337 e. The van der Waals surface area contributed by atoms with Crippen LogP contribution in [0.15, 0.2) is 52.9 Å². The van der Waals surface area contributed by atoms with E-state index in [0.717, 1.165) is 21.0 Å². The third kappa shape index (κ3) is 4.46. The summed E-state index contributed by atoms with van der Waals surface area (Å²) >= 11 is 2.82. The van der Waals surface area contributed by atoms with E-state index in [1.165, 1.54) is 23.1 Å². The molecule has 0 radical (unpaired) electrons. The maximum Gasteiger partial charge on any atom is 0.325 e. The number of thiazole rings is 1. The molecular formula is C17H17N3OS2. The first kappa shape index (κ1) is 15.8. The smallest absolute Gasteiger partial charge is 0.325 e. The summed E-state index contributed by atoms with van der Waals surface area (Å²) in [4.78, 5) is 16.3. The molecule has 0 saturated carbocycles. The minimum absolute atomic E-state index is 0.193. The summed E-state index contributed by atoms with van der Waals surface area (Å²) < 4.78 is 4.73. The van der Waals surface area contributed by atoms with Gasteiger partial charge in [-0.2, -0.15) is 0 Å². The molecule has 1 heterocycles. The molecule has 2 N–H and O–H groups in total. The van der Waals surface area contributed by atoms with Crippen molar-refractivity contribution in [1.82, 2.24) is 15.0 Å². The van der Waals surface area contributed by atoms with E-state index in [0.29, 0.717) is 6.54 Å². The molecule has 0 aliphatic carbocycles. The zero-order valence-electron chi connectivity index (χ0n) is 12.7. The third-order valence-corrected chi connectivity index (χ3v) is 5.17. The van der Waals surface area contributed by atoms with E-state index < -0.39 is 0 Å². The number of hydrogen-bond acceptors (Lipinski definition) is 4. The van der Waals surface area contributed by atoms with Crippen LogP contribution >= 0.6 is 23.3 Å². The monoisotopic (exact) mass is 343 g/mol. The fourth-order valence-electron chi connectivity index (χ4n) is 2.21. The standard InChI is InChI=1S/C17H17N3OS2/c1-12-5-4-6-13(11-12)9-10-18-16(21)20-23-17-19-14-7-2-3-8-15(14)22-17/h2-8,11H,9-10H2,1H3,(H2,18,20,21). The summed E-state index contributed by atoms with van der Waals surface area (Å²) in [5.41, 5.74) is 3.42. The number of nitrogens with one attached hydrogen (secondary N) is 2. The average Bonchev–Trinajstić information content (AvgIpc) is 2.96. The van der Waals surface area contributed by atoms with E-state index in [9.17, 15) is 4.79 Å². The van der Waals surface area contributed by atoms with Gasteiger partial charge in [0.1, 0.15) is 0 Å². The number of rotatable bonds is 5. The first-order chi connectivity index (χ1) is 11.2. The van der Waals surface area contributed by atoms with E-state index in [1.807, 2.05) is 30.3 Å². The highest BCUT2D eigenvalue weighted by molar-refractivity contribution is 7.99. The van der Waals surface area contributed by atoms with Gasteiger partial charge < -0.3 is 5.32 Å². The lowest BCUT2D eigenvalue weighted by Crippen LogP contribution is -2.32. The summed E-state index contributed by atoms with van der Waals surface area (Å²) in [6.45, 7) is 2.67. The van der Waals surface area contributed by atoms with Crippen molar-refractivity contribution < 1.29 is 4.79 Å². The van der Waals surface area contributed by atoms with Crippen molar-refractivity contribution in [3.8, 4) is 0 Å². The number of para-hydroxylation sites is 1. The molecule has 2 amide bonds. The minimum Gasteiger partial charge on any atom is -0.337 e. The molecule has 6 heteroatoms. The molecule has 2 aromatic carbocycles. The number of urea groups is 1. The molecule has 0 fully saturated rings. The molecule has 0 spiro atoms. The van der Waals surface area contributed by atoms with Crippen molar-refractivity contribution in [2.24, 2.45) is 0 Å². The summed E-state index contributed by atoms with van der Waals surface area (Å²) in [5, 5.41) is 2.86. The lowest BCUT2D eigenvalue weighted by molar-refractivity contribution is 0.246. The van der Waals surface area contributed by atoms with Gasteiger partial charge in [0.2, 0.25) is 0 Å². The highest BCUT2D eigenvalue weighted by Gasteiger charge is 2.06. The van der Waals surface area contributed by atoms with Crippen LogP contribution in [-0.4, -0.2) is 17.6 Å². The number of aryl methyl sites for hydroxylation is 1. The number of nitrogens with zero attached hydrogens (tertiary/aromatic N) is 1. The Hall–Kier alpha value is -2.05. The van der Waals surface area contributed by atoms with Crippen LogP contribution < -0.4 is 10.0 Å².